The number of carbonyl (C=O) groups excluding carboxylic acids is 2. The molecule has 0 spiro atoms. The molecule has 3 aromatic rings. The zero-order valence-electron chi connectivity index (χ0n) is 14.2. The van der Waals surface area contributed by atoms with Crippen LogP contribution < -0.4 is 0 Å². The van der Waals surface area contributed by atoms with Crippen molar-refractivity contribution in [1.29, 1.82) is 0 Å². The number of hydrogen-bond donors (Lipinski definition) is 0. The predicted molar refractivity (Wildman–Crippen MR) is 96.6 cm³/mol. The lowest BCUT2D eigenvalue weighted by molar-refractivity contribution is -0.145. The molecule has 1 heterocycles. The highest BCUT2D eigenvalue weighted by molar-refractivity contribution is 6.02. The molecule has 0 saturated heterocycles. The average molecular weight is 346 g/mol. The van der Waals surface area contributed by atoms with Crippen LogP contribution in [0.1, 0.15) is 27.9 Å². The van der Waals surface area contributed by atoms with Crippen molar-refractivity contribution in [1.82, 2.24) is 9.78 Å². The van der Waals surface area contributed by atoms with E-state index in [4.69, 9.17) is 4.74 Å². The van der Waals surface area contributed by atoms with Crippen molar-refractivity contribution in [3.05, 3.63) is 77.6 Å². The standard InChI is InChI=1S/C21H18N2O3/c24-20-10-9-18-17(7-4-8-19(18)20)16-11-22-23(12-16)13-21(25)26-14-15-5-2-1-3-6-15/h1-8,11-12H,9-10,13-14H2. The highest BCUT2D eigenvalue weighted by Crippen LogP contribution is 2.32. The molecule has 26 heavy (non-hydrogen) atoms. The number of ketones is 1. The number of esters is 1. The fourth-order valence-corrected chi connectivity index (χ4v) is 3.27. The summed E-state index contributed by atoms with van der Waals surface area (Å²) < 4.78 is 6.86. The Kier molecular flexibility index (Phi) is 4.35. The van der Waals surface area contributed by atoms with Crippen molar-refractivity contribution < 1.29 is 14.3 Å². The van der Waals surface area contributed by atoms with Gasteiger partial charge in [0.05, 0.1) is 6.20 Å². The molecule has 5 nitrogen and oxygen atoms in total. The number of hydrogen-bond acceptors (Lipinski definition) is 4. The SMILES string of the molecule is O=C(Cn1cc(-c2cccc3c2CCC3=O)cn1)OCc1ccccc1. The molecule has 0 aliphatic heterocycles. The molecular weight excluding hydrogens is 328 g/mol. The number of nitrogens with zero attached hydrogens (tertiary/aromatic N) is 2. The number of aromatic nitrogens is 2. The Morgan fingerprint density at radius 1 is 1.04 bits per heavy atom. The minimum atomic E-state index is -0.336. The Morgan fingerprint density at radius 3 is 2.69 bits per heavy atom. The summed E-state index contributed by atoms with van der Waals surface area (Å²) in [5, 5.41) is 4.26. The smallest absolute Gasteiger partial charge is 0.328 e. The summed E-state index contributed by atoms with van der Waals surface area (Å²) in [7, 11) is 0. The van der Waals surface area contributed by atoms with E-state index in [-0.39, 0.29) is 24.9 Å². The molecule has 1 aliphatic rings. The molecule has 0 N–H and O–H groups in total. The minimum Gasteiger partial charge on any atom is -0.459 e. The van der Waals surface area contributed by atoms with Crippen LogP contribution >= 0.6 is 0 Å². The molecule has 0 atom stereocenters. The topological polar surface area (TPSA) is 61.2 Å². The number of carbonyl (C=O) groups is 2. The number of Topliss-reactive ketones (excluding diaryl/α,β-unsaturated/α-hetero) is 1. The zero-order chi connectivity index (χ0) is 17.9. The predicted octanol–water partition coefficient (Wildman–Crippen LogP) is 3.42. The van der Waals surface area contributed by atoms with Crippen LogP contribution in [-0.2, 0) is 29.1 Å². The second kappa shape index (κ2) is 6.96. The molecule has 1 aliphatic carbocycles. The van der Waals surface area contributed by atoms with Crippen LogP contribution in [-0.4, -0.2) is 21.5 Å². The van der Waals surface area contributed by atoms with E-state index in [1.54, 1.807) is 10.9 Å². The van der Waals surface area contributed by atoms with Gasteiger partial charge in [-0.2, -0.15) is 5.10 Å². The highest BCUT2D eigenvalue weighted by atomic mass is 16.5. The van der Waals surface area contributed by atoms with Crippen LogP contribution in [0.15, 0.2) is 60.9 Å². The van der Waals surface area contributed by atoms with Gasteiger partial charge in [0.25, 0.3) is 0 Å². The third-order valence-electron chi connectivity index (χ3n) is 4.56. The van der Waals surface area contributed by atoms with Gasteiger partial charge in [-0.3, -0.25) is 14.3 Å². The van der Waals surface area contributed by atoms with E-state index in [2.05, 4.69) is 5.10 Å². The molecule has 0 radical (unpaired) electrons. The van der Waals surface area contributed by atoms with Gasteiger partial charge in [-0.1, -0.05) is 48.5 Å². The zero-order valence-corrected chi connectivity index (χ0v) is 14.2. The van der Waals surface area contributed by atoms with E-state index < -0.39 is 0 Å². The van der Waals surface area contributed by atoms with Crippen LogP contribution in [0.5, 0.6) is 0 Å². The Bertz CT molecular complexity index is 960. The molecule has 130 valence electrons. The van der Waals surface area contributed by atoms with Gasteiger partial charge in [0.2, 0.25) is 0 Å². The summed E-state index contributed by atoms with van der Waals surface area (Å²) in [5.74, 6) is -0.143. The molecule has 0 unspecified atom stereocenters. The molecule has 0 bridgehead atoms. The van der Waals surface area contributed by atoms with Crippen molar-refractivity contribution in [2.24, 2.45) is 0 Å². The second-order valence-corrected chi connectivity index (χ2v) is 6.33. The number of fused-ring (bicyclic) bond motifs is 1. The summed E-state index contributed by atoms with van der Waals surface area (Å²) in [6.45, 7) is 0.308. The van der Waals surface area contributed by atoms with E-state index in [1.807, 2.05) is 54.7 Å². The van der Waals surface area contributed by atoms with Crippen molar-refractivity contribution in [3.8, 4) is 11.1 Å². The average Bonchev–Trinajstić information content (AvgIpc) is 3.28. The number of rotatable bonds is 5. The first-order valence-corrected chi connectivity index (χ1v) is 8.58. The van der Waals surface area contributed by atoms with Crippen LogP contribution in [0.3, 0.4) is 0 Å². The number of ether oxygens (including phenoxy) is 1. The summed E-state index contributed by atoms with van der Waals surface area (Å²) >= 11 is 0. The maximum atomic E-state index is 12.0. The fraction of sp³-hybridized carbons (Fsp3) is 0.190. The van der Waals surface area contributed by atoms with E-state index >= 15 is 0 Å². The van der Waals surface area contributed by atoms with Crippen LogP contribution in [0.25, 0.3) is 11.1 Å². The summed E-state index contributed by atoms with van der Waals surface area (Å²) in [4.78, 5) is 23.9. The van der Waals surface area contributed by atoms with Gasteiger partial charge < -0.3 is 4.74 Å². The van der Waals surface area contributed by atoms with Gasteiger partial charge in [-0.05, 0) is 23.1 Å². The Balaban J connectivity index is 1.44. The van der Waals surface area contributed by atoms with Crippen molar-refractivity contribution >= 4 is 11.8 Å². The second-order valence-electron chi connectivity index (χ2n) is 6.33. The van der Waals surface area contributed by atoms with Crippen LogP contribution in [0.2, 0.25) is 0 Å². The van der Waals surface area contributed by atoms with E-state index in [0.29, 0.717) is 6.42 Å². The first-order valence-electron chi connectivity index (χ1n) is 8.58. The van der Waals surface area contributed by atoms with Crippen molar-refractivity contribution in [2.45, 2.75) is 26.0 Å². The molecule has 5 heteroatoms. The van der Waals surface area contributed by atoms with Gasteiger partial charge in [0.15, 0.2) is 5.78 Å². The van der Waals surface area contributed by atoms with Gasteiger partial charge in [0, 0.05) is 23.7 Å². The molecule has 1 aromatic heterocycles. The molecule has 0 amide bonds. The molecule has 0 saturated carbocycles. The maximum Gasteiger partial charge on any atom is 0.328 e. The van der Waals surface area contributed by atoms with Gasteiger partial charge in [-0.25, -0.2) is 0 Å². The van der Waals surface area contributed by atoms with Crippen molar-refractivity contribution in [2.75, 3.05) is 0 Å². The normalized spacial score (nSPS) is 12.8. The lowest BCUT2D eigenvalue weighted by Gasteiger charge is -2.06. The Hall–Kier alpha value is -3.21. The van der Waals surface area contributed by atoms with E-state index in [9.17, 15) is 9.59 Å². The van der Waals surface area contributed by atoms with Gasteiger partial charge in [-0.15, -0.1) is 0 Å². The molecule has 4 rings (SSSR count). The fourth-order valence-electron chi connectivity index (χ4n) is 3.27. The summed E-state index contributed by atoms with van der Waals surface area (Å²) in [6.07, 6.45) is 4.87. The molecular formula is C21H18N2O3. The minimum absolute atomic E-state index is 0.0563. The molecule has 2 aromatic carbocycles. The third-order valence-corrected chi connectivity index (χ3v) is 4.56. The largest absolute Gasteiger partial charge is 0.459 e. The first-order chi connectivity index (χ1) is 12.7. The Labute approximate surface area is 151 Å². The summed E-state index contributed by atoms with van der Waals surface area (Å²) in [5.41, 5.74) is 4.75. The lowest BCUT2D eigenvalue weighted by atomic mass is 9.99. The third kappa shape index (κ3) is 3.28. The van der Waals surface area contributed by atoms with Crippen molar-refractivity contribution in [3.63, 3.8) is 0 Å². The maximum absolute atomic E-state index is 12.0. The van der Waals surface area contributed by atoms with Crippen LogP contribution in [0.4, 0.5) is 0 Å². The van der Waals surface area contributed by atoms with Gasteiger partial charge >= 0.3 is 5.97 Å². The highest BCUT2D eigenvalue weighted by Gasteiger charge is 2.22. The molecule has 0 fully saturated rings. The van der Waals surface area contributed by atoms with Crippen LogP contribution in [0, 0.1) is 0 Å². The quantitative estimate of drug-likeness (QED) is 0.664. The van der Waals surface area contributed by atoms with E-state index in [1.165, 1.54) is 0 Å². The van der Waals surface area contributed by atoms with Gasteiger partial charge in [0.1, 0.15) is 13.2 Å². The van der Waals surface area contributed by atoms with E-state index in [0.717, 1.165) is 34.2 Å². The Morgan fingerprint density at radius 2 is 1.85 bits per heavy atom. The number of benzene rings is 2. The summed E-state index contributed by atoms with van der Waals surface area (Å²) in [6, 6.07) is 15.3. The lowest BCUT2D eigenvalue weighted by Crippen LogP contribution is -2.13. The first kappa shape index (κ1) is 16.3. The monoisotopic (exact) mass is 346 g/mol.